The minimum Gasteiger partial charge on any atom is -0.497 e. The quantitative estimate of drug-likeness (QED) is 0.342. The molecule has 0 amide bonds. The van der Waals surface area contributed by atoms with Crippen LogP contribution in [0.3, 0.4) is 0 Å². The fraction of sp³-hybridized carbons (Fsp3) is 0.138. The number of nitrogens with zero attached hydrogens (tertiary/aromatic N) is 2. The number of hydrogen-bond acceptors (Lipinski definition) is 6. The van der Waals surface area contributed by atoms with Crippen LogP contribution in [-0.4, -0.2) is 24.3 Å². The molecule has 37 heavy (non-hydrogen) atoms. The van der Waals surface area contributed by atoms with Gasteiger partial charge in [0, 0.05) is 10.6 Å². The second-order valence-electron chi connectivity index (χ2n) is 8.23. The number of benzene rings is 3. The minimum absolute atomic E-state index is 0.191. The lowest BCUT2D eigenvalue weighted by molar-refractivity contribution is -0.138. The summed E-state index contributed by atoms with van der Waals surface area (Å²) in [6.07, 6.45) is 1.76. The second kappa shape index (κ2) is 10.6. The van der Waals surface area contributed by atoms with Crippen molar-refractivity contribution in [3.05, 3.63) is 126 Å². The summed E-state index contributed by atoms with van der Waals surface area (Å²) in [5, 5.41) is 0.539. The minimum atomic E-state index is -0.746. The number of carbonyl (C=O) groups is 1. The van der Waals surface area contributed by atoms with E-state index in [9.17, 15) is 9.59 Å². The van der Waals surface area contributed by atoms with E-state index in [4.69, 9.17) is 26.1 Å². The number of esters is 1. The third kappa shape index (κ3) is 4.75. The third-order valence-corrected chi connectivity index (χ3v) is 7.32. The number of rotatable bonds is 6. The first-order valence-corrected chi connectivity index (χ1v) is 12.9. The zero-order valence-electron chi connectivity index (χ0n) is 20.2. The molecule has 2 heterocycles. The number of thiazole rings is 1. The van der Waals surface area contributed by atoms with Crippen molar-refractivity contribution in [2.24, 2.45) is 4.99 Å². The maximum absolute atomic E-state index is 13.8. The topological polar surface area (TPSA) is 69.9 Å². The Hall–Kier alpha value is -3.94. The Kier molecular flexibility index (Phi) is 7.08. The second-order valence-corrected chi connectivity index (χ2v) is 9.64. The maximum Gasteiger partial charge on any atom is 0.338 e. The molecule has 4 aromatic rings. The molecule has 0 saturated carbocycles. The average molecular weight is 531 g/mol. The molecular weight excluding hydrogens is 508 g/mol. The van der Waals surface area contributed by atoms with Gasteiger partial charge in [0.1, 0.15) is 5.75 Å². The number of ether oxygens (including phenoxy) is 2. The molecule has 5 rings (SSSR count). The first-order chi connectivity index (χ1) is 18.0. The van der Waals surface area contributed by atoms with Crippen molar-refractivity contribution >= 4 is 40.7 Å². The van der Waals surface area contributed by atoms with E-state index in [0.717, 1.165) is 16.7 Å². The summed E-state index contributed by atoms with van der Waals surface area (Å²) < 4.78 is 12.8. The van der Waals surface area contributed by atoms with E-state index in [0.29, 0.717) is 31.4 Å². The Balaban J connectivity index is 1.83. The van der Waals surface area contributed by atoms with E-state index in [1.54, 1.807) is 42.9 Å². The first-order valence-electron chi connectivity index (χ1n) is 11.7. The summed E-state index contributed by atoms with van der Waals surface area (Å²) in [5.41, 5.74) is 2.73. The number of aromatic nitrogens is 1. The molecule has 1 aliphatic heterocycles. The van der Waals surface area contributed by atoms with Gasteiger partial charge in [-0.15, -0.1) is 0 Å². The predicted octanol–water partition coefficient (Wildman–Crippen LogP) is 4.60. The molecule has 0 bridgehead atoms. The average Bonchev–Trinajstić information content (AvgIpc) is 3.24. The van der Waals surface area contributed by atoms with Gasteiger partial charge < -0.3 is 9.47 Å². The summed E-state index contributed by atoms with van der Waals surface area (Å²) >= 11 is 7.62. The number of hydrogen-bond donors (Lipinski definition) is 0. The van der Waals surface area contributed by atoms with Gasteiger partial charge in [0.15, 0.2) is 4.80 Å². The molecule has 0 fully saturated rings. The summed E-state index contributed by atoms with van der Waals surface area (Å²) in [6, 6.07) is 23.3. The standard InChI is InChI=1S/C29H23ClN2O4S/c1-3-36-28(34)24-25(18-9-5-4-6-10-18)31-29-32(26(24)19-13-15-21(35-2)16-14-19)27(33)23(37-29)17-20-11-7-8-12-22(20)30/h4-17,26H,3H2,1-2H3/b23-17+/t26-/m1/s1. The number of fused-ring (bicyclic) bond motifs is 1. The van der Waals surface area contributed by atoms with Crippen molar-refractivity contribution in [3.63, 3.8) is 0 Å². The molecule has 0 spiro atoms. The highest BCUT2D eigenvalue weighted by atomic mass is 35.5. The molecule has 0 N–H and O–H groups in total. The zero-order chi connectivity index (χ0) is 25.9. The van der Waals surface area contributed by atoms with Gasteiger partial charge in [0.25, 0.3) is 5.56 Å². The Morgan fingerprint density at radius 1 is 1.05 bits per heavy atom. The Labute approximate surface area is 222 Å². The van der Waals surface area contributed by atoms with E-state index in [1.807, 2.05) is 60.7 Å². The highest BCUT2D eigenvalue weighted by molar-refractivity contribution is 7.07. The van der Waals surface area contributed by atoms with E-state index >= 15 is 0 Å². The summed E-state index contributed by atoms with van der Waals surface area (Å²) in [5.74, 6) is 0.145. The van der Waals surface area contributed by atoms with Crippen LogP contribution in [0, 0.1) is 0 Å². The molecule has 3 aromatic carbocycles. The zero-order valence-corrected chi connectivity index (χ0v) is 21.8. The van der Waals surface area contributed by atoms with Crippen LogP contribution in [0.25, 0.3) is 11.8 Å². The van der Waals surface area contributed by atoms with Crippen LogP contribution in [0.2, 0.25) is 5.02 Å². The van der Waals surface area contributed by atoms with Crippen LogP contribution in [0.1, 0.15) is 29.7 Å². The van der Waals surface area contributed by atoms with Gasteiger partial charge in [-0.25, -0.2) is 9.79 Å². The molecular formula is C29H23ClN2O4S. The third-order valence-electron chi connectivity index (χ3n) is 6.00. The monoisotopic (exact) mass is 530 g/mol. The largest absolute Gasteiger partial charge is 0.497 e. The summed E-state index contributed by atoms with van der Waals surface area (Å²) in [6.45, 7) is 1.94. The van der Waals surface area contributed by atoms with Crippen molar-refractivity contribution in [2.75, 3.05) is 13.7 Å². The van der Waals surface area contributed by atoms with Gasteiger partial charge in [0.05, 0.1) is 35.6 Å². The SMILES string of the molecule is CCOC(=O)C1=C(c2ccccc2)N=c2s/c(=C/c3ccccc3Cl)c(=O)n2[C@@H]1c1ccc(OC)cc1. The smallest absolute Gasteiger partial charge is 0.338 e. The van der Waals surface area contributed by atoms with Crippen LogP contribution < -0.4 is 19.6 Å². The molecule has 6 nitrogen and oxygen atoms in total. The number of methoxy groups -OCH3 is 1. The molecule has 1 aromatic heterocycles. The van der Waals surface area contributed by atoms with Gasteiger partial charge in [0.2, 0.25) is 0 Å². The fourth-order valence-electron chi connectivity index (χ4n) is 4.28. The predicted molar refractivity (Wildman–Crippen MR) is 146 cm³/mol. The van der Waals surface area contributed by atoms with Gasteiger partial charge in [-0.1, -0.05) is 83.6 Å². The Morgan fingerprint density at radius 2 is 1.76 bits per heavy atom. The highest BCUT2D eigenvalue weighted by Crippen LogP contribution is 2.35. The van der Waals surface area contributed by atoms with E-state index in [-0.39, 0.29) is 12.2 Å². The lowest BCUT2D eigenvalue weighted by Crippen LogP contribution is -2.40. The summed E-state index contributed by atoms with van der Waals surface area (Å²) in [7, 11) is 1.59. The van der Waals surface area contributed by atoms with Crippen LogP contribution in [0.15, 0.2) is 94.2 Å². The van der Waals surface area contributed by atoms with E-state index < -0.39 is 12.0 Å². The normalized spacial score (nSPS) is 15.2. The first kappa shape index (κ1) is 24.7. The fourth-order valence-corrected chi connectivity index (χ4v) is 5.46. The molecule has 1 aliphatic rings. The maximum atomic E-state index is 13.8. The van der Waals surface area contributed by atoms with Crippen molar-refractivity contribution in [1.82, 2.24) is 4.57 Å². The van der Waals surface area contributed by atoms with E-state index in [1.165, 1.54) is 11.3 Å². The highest BCUT2D eigenvalue weighted by Gasteiger charge is 2.35. The van der Waals surface area contributed by atoms with Gasteiger partial charge in [-0.3, -0.25) is 9.36 Å². The van der Waals surface area contributed by atoms with Crippen molar-refractivity contribution in [2.45, 2.75) is 13.0 Å². The van der Waals surface area contributed by atoms with Crippen LogP contribution in [0.5, 0.6) is 5.75 Å². The Morgan fingerprint density at radius 3 is 2.43 bits per heavy atom. The molecule has 0 radical (unpaired) electrons. The van der Waals surface area contributed by atoms with Crippen molar-refractivity contribution < 1.29 is 14.3 Å². The summed E-state index contributed by atoms with van der Waals surface area (Å²) in [4.78, 5) is 32.6. The Bertz CT molecular complexity index is 1670. The van der Waals surface area contributed by atoms with Crippen LogP contribution in [-0.2, 0) is 9.53 Å². The molecule has 0 aliphatic carbocycles. The van der Waals surface area contributed by atoms with Gasteiger partial charge >= 0.3 is 5.97 Å². The lowest BCUT2D eigenvalue weighted by atomic mass is 9.93. The van der Waals surface area contributed by atoms with Crippen molar-refractivity contribution in [3.8, 4) is 5.75 Å². The van der Waals surface area contributed by atoms with Gasteiger partial charge in [-0.2, -0.15) is 0 Å². The van der Waals surface area contributed by atoms with Gasteiger partial charge in [-0.05, 0) is 42.3 Å². The molecule has 0 unspecified atom stereocenters. The lowest BCUT2D eigenvalue weighted by Gasteiger charge is -2.26. The molecule has 186 valence electrons. The van der Waals surface area contributed by atoms with E-state index in [2.05, 4.69) is 0 Å². The van der Waals surface area contributed by atoms with Crippen LogP contribution >= 0.6 is 22.9 Å². The number of halogens is 1. The van der Waals surface area contributed by atoms with Crippen molar-refractivity contribution in [1.29, 1.82) is 0 Å². The molecule has 0 saturated heterocycles. The molecule has 8 heteroatoms. The van der Waals surface area contributed by atoms with Crippen LogP contribution in [0.4, 0.5) is 0 Å². The molecule has 1 atom stereocenters. The number of carbonyl (C=O) groups excluding carboxylic acids is 1.